The first-order valence-electron chi connectivity index (χ1n) is 8.26. The fourth-order valence-electron chi connectivity index (χ4n) is 2.84. The minimum Gasteiger partial charge on any atom is -0.450 e. The molecule has 1 atom stereocenters. The Morgan fingerprint density at radius 1 is 1.40 bits per heavy atom. The van der Waals surface area contributed by atoms with Crippen LogP contribution >= 0.6 is 11.3 Å². The summed E-state index contributed by atoms with van der Waals surface area (Å²) in [5.41, 5.74) is 3.32. The maximum atomic E-state index is 12.5. The van der Waals surface area contributed by atoms with Crippen molar-refractivity contribution < 1.29 is 14.3 Å². The Hall–Kier alpha value is -2.47. The standard InChI is InChI=1S/C19H20N2O3S/c1-3-9-20-19-21-16(11-25-19)18(23)24-12(2)17(22)15-8-7-13-5-4-6-14(13)10-15/h3,7-8,10-12H,1,4-6,9H2,2H3,(H,20,21). The number of carbonyl (C=O) groups excluding carboxylic acids is 2. The molecule has 25 heavy (non-hydrogen) atoms. The normalized spacial score (nSPS) is 13.8. The van der Waals surface area contributed by atoms with Crippen molar-refractivity contribution in [3.8, 4) is 0 Å². The van der Waals surface area contributed by atoms with E-state index in [4.69, 9.17) is 4.74 Å². The summed E-state index contributed by atoms with van der Waals surface area (Å²) in [4.78, 5) is 28.9. The van der Waals surface area contributed by atoms with Gasteiger partial charge in [-0.1, -0.05) is 18.2 Å². The number of aryl methyl sites for hydroxylation is 2. The Kier molecular flexibility index (Phi) is 5.28. The van der Waals surface area contributed by atoms with E-state index in [2.05, 4.69) is 16.9 Å². The molecule has 0 aliphatic heterocycles. The van der Waals surface area contributed by atoms with Crippen molar-refractivity contribution in [2.45, 2.75) is 32.3 Å². The number of fused-ring (bicyclic) bond motifs is 1. The predicted molar refractivity (Wildman–Crippen MR) is 98.5 cm³/mol. The van der Waals surface area contributed by atoms with Crippen LogP contribution < -0.4 is 5.32 Å². The molecule has 1 heterocycles. The van der Waals surface area contributed by atoms with Gasteiger partial charge in [0, 0.05) is 17.5 Å². The van der Waals surface area contributed by atoms with E-state index in [-0.39, 0.29) is 11.5 Å². The summed E-state index contributed by atoms with van der Waals surface area (Å²) in [5, 5.41) is 5.24. The molecule has 1 N–H and O–H groups in total. The van der Waals surface area contributed by atoms with Gasteiger partial charge in [-0.05, 0) is 43.4 Å². The fraction of sp³-hybridized carbons (Fsp3) is 0.316. The summed E-state index contributed by atoms with van der Waals surface area (Å²) in [6, 6.07) is 5.74. The number of hydrogen-bond donors (Lipinski definition) is 1. The minimum atomic E-state index is -0.849. The fourth-order valence-corrected chi connectivity index (χ4v) is 3.53. The van der Waals surface area contributed by atoms with Gasteiger partial charge in [0.25, 0.3) is 0 Å². The molecule has 1 aromatic heterocycles. The molecule has 0 fully saturated rings. The first-order chi connectivity index (χ1) is 12.1. The van der Waals surface area contributed by atoms with E-state index < -0.39 is 12.1 Å². The van der Waals surface area contributed by atoms with Crippen LogP contribution in [0.3, 0.4) is 0 Å². The molecule has 1 aromatic carbocycles. The number of Topliss-reactive ketones (excluding diaryl/α,β-unsaturated/α-hetero) is 1. The molecule has 6 heteroatoms. The highest BCUT2D eigenvalue weighted by Gasteiger charge is 2.23. The van der Waals surface area contributed by atoms with Crippen molar-refractivity contribution in [1.29, 1.82) is 0 Å². The predicted octanol–water partition coefficient (Wildman–Crippen LogP) is 3.66. The molecule has 3 rings (SSSR count). The van der Waals surface area contributed by atoms with Crippen LogP contribution in [0.1, 0.15) is 45.3 Å². The molecule has 0 saturated carbocycles. The van der Waals surface area contributed by atoms with Crippen LogP contribution in [0.4, 0.5) is 5.13 Å². The Labute approximate surface area is 150 Å². The van der Waals surface area contributed by atoms with Crippen LogP contribution in [0.25, 0.3) is 0 Å². The molecule has 1 aliphatic rings. The van der Waals surface area contributed by atoms with E-state index in [1.807, 2.05) is 18.2 Å². The Balaban J connectivity index is 1.63. The molecule has 2 aromatic rings. The number of benzene rings is 1. The van der Waals surface area contributed by atoms with Crippen LogP contribution in [-0.2, 0) is 17.6 Å². The summed E-state index contributed by atoms with van der Waals surface area (Å²) < 4.78 is 5.30. The summed E-state index contributed by atoms with van der Waals surface area (Å²) in [6.45, 7) is 5.77. The van der Waals surface area contributed by atoms with Gasteiger partial charge < -0.3 is 10.1 Å². The zero-order chi connectivity index (χ0) is 17.8. The van der Waals surface area contributed by atoms with E-state index in [1.54, 1.807) is 18.4 Å². The van der Waals surface area contributed by atoms with Gasteiger partial charge in [0.1, 0.15) is 0 Å². The Morgan fingerprint density at radius 2 is 2.20 bits per heavy atom. The average molecular weight is 356 g/mol. The number of nitrogens with one attached hydrogen (secondary N) is 1. The second-order valence-electron chi connectivity index (χ2n) is 5.96. The van der Waals surface area contributed by atoms with E-state index in [0.717, 1.165) is 19.3 Å². The average Bonchev–Trinajstić information content (AvgIpc) is 3.27. The highest BCUT2D eigenvalue weighted by atomic mass is 32.1. The topological polar surface area (TPSA) is 68.3 Å². The molecule has 0 radical (unpaired) electrons. The van der Waals surface area contributed by atoms with Gasteiger partial charge in [0.15, 0.2) is 16.9 Å². The number of hydrogen-bond acceptors (Lipinski definition) is 6. The van der Waals surface area contributed by atoms with Crippen LogP contribution in [0.15, 0.2) is 36.2 Å². The smallest absolute Gasteiger partial charge is 0.358 e. The third-order valence-corrected chi connectivity index (χ3v) is 4.95. The maximum Gasteiger partial charge on any atom is 0.358 e. The van der Waals surface area contributed by atoms with Crippen molar-refractivity contribution in [2.75, 3.05) is 11.9 Å². The molecule has 0 bridgehead atoms. The Bertz CT molecular complexity index is 813. The van der Waals surface area contributed by atoms with Crippen LogP contribution in [-0.4, -0.2) is 29.4 Å². The zero-order valence-corrected chi connectivity index (χ0v) is 14.9. The van der Waals surface area contributed by atoms with Crippen molar-refractivity contribution in [1.82, 2.24) is 4.98 Å². The van der Waals surface area contributed by atoms with Crippen molar-refractivity contribution >= 4 is 28.2 Å². The number of anilines is 1. The summed E-state index contributed by atoms with van der Waals surface area (Å²) in [7, 11) is 0. The molecule has 5 nitrogen and oxygen atoms in total. The number of carbonyl (C=O) groups is 2. The second-order valence-corrected chi connectivity index (χ2v) is 6.81. The quantitative estimate of drug-likeness (QED) is 0.466. The number of ether oxygens (including phenoxy) is 1. The van der Waals surface area contributed by atoms with Gasteiger partial charge >= 0.3 is 5.97 Å². The molecular formula is C19H20N2O3S. The monoisotopic (exact) mass is 356 g/mol. The van der Waals surface area contributed by atoms with Gasteiger partial charge in [-0.25, -0.2) is 9.78 Å². The molecule has 0 amide bonds. The lowest BCUT2D eigenvalue weighted by Gasteiger charge is -2.12. The molecule has 1 unspecified atom stereocenters. The summed E-state index contributed by atoms with van der Waals surface area (Å²) >= 11 is 1.31. The van der Waals surface area contributed by atoms with E-state index in [9.17, 15) is 9.59 Å². The molecule has 0 saturated heterocycles. The summed E-state index contributed by atoms with van der Waals surface area (Å²) in [5.74, 6) is -0.784. The number of rotatable bonds is 7. The largest absolute Gasteiger partial charge is 0.450 e. The Morgan fingerprint density at radius 3 is 3.00 bits per heavy atom. The lowest BCUT2D eigenvalue weighted by molar-refractivity contribution is 0.0314. The van der Waals surface area contributed by atoms with Crippen LogP contribution in [0.2, 0.25) is 0 Å². The highest BCUT2D eigenvalue weighted by Crippen LogP contribution is 2.24. The van der Waals surface area contributed by atoms with E-state index in [1.165, 1.54) is 22.5 Å². The summed E-state index contributed by atoms with van der Waals surface area (Å²) in [6.07, 6.45) is 4.06. The lowest BCUT2D eigenvalue weighted by Crippen LogP contribution is -2.24. The highest BCUT2D eigenvalue weighted by molar-refractivity contribution is 7.13. The number of ketones is 1. The van der Waals surface area contributed by atoms with Gasteiger partial charge in [0.05, 0.1) is 0 Å². The number of esters is 1. The van der Waals surface area contributed by atoms with Crippen molar-refractivity contribution in [3.63, 3.8) is 0 Å². The minimum absolute atomic E-state index is 0.191. The van der Waals surface area contributed by atoms with Crippen LogP contribution in [0.5, 0.6) is 0 Å². The molecular weight excluding hydrogens is 336 g/mol. The third kappa shape index (κ3) is 3.96. The third-order valence-electron chi connectivity index (χ3n) is 4.15. The first kappa shape index (κ1) is 17.4. The van der Waals surface area contributed by atoms with Crippen molar-refractivity contribution in [3.05, 3.63) is 58.6 Å². The SMILES string of the molecule is C=CCNc1nc(C(=O)OC(C)C(=O)c2ccc3c(c2)CCC3)cs1. The number of thiazole rings is 1. The van der Waals surface area contributed by atoms with E-state index >= 15 is 0 Å². The van der Waals surface area contributed by atoms with Gasteiger partial charge in [0.2, 0.25) is 5.78 Å². The second kappa shape index (κ2) is 7.61. The van der Waals surface area contributed by atoms with E-state index in [0.29, 0.717) is 17.2 Å². The first-order valence-corrected chi connectivity index (χ1v) is 9.13. The van der Waals surface area contributed by atoms with Gasteiger partial charge in [-0.15, -0.1) is 17.9 Å². The van der Waals surface area contributed by atoms with Gasteiger partial charge in [-0.3, -0.25) is 4.79 Å². The molecule has 0 spiro atoms. The maximum absolute atomic E-state index is 12.5. The van der Waals surface area contributed by atoms with Crippen LogP contribution in [0, 0.1) is 0 Å². The van der Waals surface area contributed by atoms with Gasteiger partial charge in [-0.2, -0.15) is 0 Å². The molecule has 130 valence electrons. The number of nitrogens with zero attached hydrogens (tertiary/aromatic N) is 1. The van der Waals surface area contributed by atoms with Crippen molar-refractivity contribution in [2.24, 2.45) is 0 Å². The lowest BCUT2D eigenvalue weighted by atomic mass is 10.0. The molecule has 1 aliphatic carbocycles. The zero-order valence-electron chi connectivity index (χ0n) is 14.1. The number of aromatic nitrogens is 1.